The van der Waals surface area contributed by atoms with Crippen LogP contribution >= 0.6 is 0 Å². The number of aromatic nitrogens is 1. The third-order valence-electron chi connectivity index (χ3n) is 2.66. The summed E-state index contributed by atoms with van der Waals surface area (Å²) in [5, 5.41) is 0. The summed E-state index contributed by atoms with van der Waals surface area (Å²) in [6.07, 6.45) is -1.02. The molecule has 120 valence electrons. The SMILES string of the molecule is CC(C)(C)OC(=O)Oc1c(-c2cccc(F)n2)ccccc1=O. The van der Waals surface area contributed by atoms with Gasteiger partial charge in [-0.1, -0.05) is 18.2 Å². The van der Waals surface area contributed by atoms with Crippen LogP contribution in [-0.4, -0.2) is 16.7 Å². The second-order valence-corrected chi connectivity index (χ2v) is 5.74. The van der Waals surface area contributed by atoms with Crippen LogP contribution in [0.4, 0.5) is 9.18 Å². The minimum absolute atomic E-state index is 0.178. The van der Waals surface area contributed by atoms with Gasteiger partial charge in [-0.2, -0.15) is 4.39 Å². The van der Waals surface area contributed by atoms with E-state index in [9.17, 15) is 14.0 Å². The van der Waals surface area contributed by atoms with E-state index in [4.69, 9.17) is 9.47 Å². The van der Waals surface area contributed by atoms with Crippen molar-refractivity contribution in [1.82, 2.24) is 4.98 Å². The van der Waals surface area contributed by atoms with Crippen LogP contribution in [0, 0.1) is 5.95 Å². The highest BCUT2D eigenvalue weighted by molar-refractivity contribution is 5.72. The molecule has 5 nitrogen and oxygen atoms in total. The van der Waals surface area contributed by atoms with E-state index in [1.54, 1.807) is 26.8 Å². The van der Waals surface area contributed by atoms with Gasteiger partial charge in [-0.05, 0) is 45.0 Å². The molecule has 1 aromatic carbocycles. The van der Waals surface area contributed by atoms with Crippen LogP contribution < -0.4 is 10.2 Å². The van der Waals surface area contributed by atoms with Crippen molar-refractivity contribution in [3.8, 4) is 17.0 Å². The average Bonchev–Trinajstić information content (AvgIpc) is 2.60. The molecule has 1 aromatic heterocycles. The quantitative estimate of drug-likeness (QED) is 0.626. The van der Waals surface area contributed by atoms with Crippen LogP contribution in [0.3, 0.4) is 0 Å². The van der Waals surface area contributed by atoms with E-state index < -0.39 is 23.1 Å². The topological polar surface area (TPSA) is 65.5 Å². The van der Waals surface area contributed by atoms with Gasteiger partial charge < -0.3 is 9.47 Å². The minimum atomic E-state index is -1.02. The van der Waals surface area contributed by atoms with Crippen molar-refractivity contribution in [2.75, 3.05) is 0 Å². The van der Waals surface area contributed by atoms with Crippen molar-refractivity contribution in [2.24, 2.45) is 0 Å². The highest BCUT2D eigenvalue weighted by atomic mass is 19.1. The summed E-state index contributed by atoms with van der Waals surface area (Å²) >= 11 is 0. The summed E-state index contributed by atoms with van der Waals surface area (Å²) in [5.74, 6) is -0.966. The van der Waals surface area contributed by atoms with Crippen molar-refractivity contribution in [1.29, 1.82) is 0 Å². The van der Waals surface area contributed by atoms with Gasteiger partial charge in [0.05, 0.1) is 5.69 Å². The number of carbonyl (C=O) groups excluding carboxylic acids is 1. The molecule has 2 aromatic rings. The fraction of sp³-hybridized carbons (Fsp3) is 0.235. The zero-order chi connectivity index (χ0) is 17.0. The number of halogens is 1. The van der Waals surface area contributed by atoms with Gasteiger partial charge in [-0.25, -0.2) is 9.78 Å². The maximum absolute atomic E-state index is 13.3. The first-order valence-corrected chi connectivity index (χ1v) is 6.93. The molecule has 0 fully saturated rings. The predicted octanol–water partition coefficient (Wildman–Crippen LogP) is 3.56. The maximum Gasteiger partial charge on any atom is 0.514 e. The first kappa shape index (κ1) is 16.6. The van der Waals surface area contributed by atoms with Gasteiger partial charge in [0.1, 0.15) is 5.60 Å². The summed E-state index contributed by atoms with van der Waals surface area (Å²) in [5.41, 5.74) is -0.932. The van der Waals surface area contributed by atoms with E-state index in [1.807, 2.05) is 0 Å². The number of carbonyl (C=O) groups is 1. The molecule has 0 atom stereocenters. The summed E-state index contributed by atoms with van der Waals surface area (Å²) in [4.78, 5) is 27.7. The van der Waals surface area contributed by atoms with Crippen LogP contribution in [0.15, 0.2) is 47.3 Å². The molecule has 6 heteroatoms. The maximum atomic E-state index is 13.3. The summed E-state index contributed by atoms with van der Waals surface area (Å²) in [7, 11) is 0. The average molecular weight is 317 g/mol. The molecular weight excluding hydrogens is 301 g/mol. The number of hydrogen-bond donors (Lipinski definition) is 0. The minimum Gasteiger partial charge on any atom is -0.428 e. The summed E-state index contributed by atoms with van der Waals surface area (Å²) in [6.45, 7) is 5.02. The Balaban J connectivity index is 2.49. The molecule has 0 bridgehead atoms. The van der Waals surface area contributed by atoms with Crippen molar-refractivity contribution >= 4 is 6.16 Å². The van der Waals surface area contributed by atoms with Crippen molar-refractivity contribution < 1.29 is 18.7 Å². The standard InChI is InChI=1S/C17H16FNO4/c1-17(2,3)23-16(21)22-15-11(7-4-5-9-13(15)20)12-8-6-10-14(18)19-12/h4-10H,1-3H3. The Bertz CT molecular complexity index is 784. The van der Waals surface area contributed by atoms with Gasteiger partial charge in [-0.15, -0.1) is 0 Å². The molecular formula is C17H16FNO4. The van der Waals surface area contributed by atoms with E-state index >= 15 is 0 Å². The zero-order valence-corrected chi connectivity index (χ0v) is 13.0. The lowest BCUT2D eigenvalue weighted by Gasteiger charge is -2.18. The van der Waals surface area contributed by atoms with Crippen molar-refractivity contribution in [3.05, 3.63) is 58.6 Å². The van der Waals surface area contributed by atoms with E-state index in [2.05, 4.69) is 4.98 Å². The molecule has 0 aliphatic carbocycles. The second-order valence-electron chi connectivity index (χ2n) is 5.74. The number of pyridine rings is 1. The summed E-state index contributed by atoms with van der Waals surface area (Å²) < 4.78 is 23.5. The van der Waals surface area contributed by atoms with Gasteiger partial charge in [0.15, 0.2) is 5.75 Å². The number of hydrogen-bond acceptors (Lipinski definition) is 5. The van der Waals surface area contributed by atoms with Crippen LogP contribution in [0.5, 0.6) is 5.75 Å². The van der Waals surface area contributed by atoms with Gasteiger partial charge in [0.2, 0.25) is 11.4 Å². The molecule has 23 heavy (non-hydrogen) atoms. The van der Waals surface area contributed by atoms with E-state index in [0.29, 0.717) is 0 Å². The Labute approximate surface area is 132 Å². The highest BCUT2D eigenvalue weighted by Crippen LogP contribution is 2.25. The molecule has 0 saturated carbocycles. The molecule has 0 radical (unpaired) electrons. The van der Waals surface area contributed by atoms with E-state index in [-0.39, 0.29) is 17.0 Å². The molecule has 2 rings (SSSR count). The Kier molecular flexibility index (Phi) is 4.74. The third kappa shape index (κ3) is 4.60. The summed E-state index contributed by atoms with van der Waals surface area (Å²) in [6, 6.07) is 9.97. The van der Waals surface area contributed by atoms with Crippen LogP contribution in [0.25, 0.3) is 11.3 Å². The van der Waals surface area contributed by atoms with Crippen LogP contribution in [-0.2, 0) is 4.74 Å². The molecule has 0 unspecified atom stereocenters. The Morgan fingerprint density at radius 3 is 2.43 bits per heavy atom. The Hall–Kier alpha value is -2.76. The molecule has 0 saturated heterocycles. The van der Waals surface area contributed by atoms with Gasteiger partial charge in [-0.3, -0.25) is 4.79 Å². The highest BCUT2D eigenvalue weighted by Gasteiger charge is 2.21. The first-order chi connectivity index (χ1) is 10.8. The number of rotatable bonds is 2. The van der Waals surface area contributed by atoms with E-state index in [1.165, 1.54) is 36.4 Å². The smallest absolute Gasteiger partial charge is 0.428 e. The Morgan fingerprint density at radius 1 is 1.09 bits per heavy atom. The fourth-order valence-electron chi connectivity index (χ4n) is 1.80. The molecule has 0 spiro atoms. The lowest BCUT2D eigenvalue weighted by molar-refractivity contribution is 0.0205. The number of nitrogens with zero attached hydrogens (tertiary/aromatic N) is 1. The number of ether oxygens (including phenoxy) is 2. The fourth-order valence-corrected chi connectivity index (χ4v) is 1.80. The third-order valence-corrected chi connectivity index (χ3v) is 2.66. The Morgan fingerprint density at radius 2 is 1.78 bits per heavy atom. The monoisotopic (exact) mass is 317 g/mol. The second kappa shape index (κ2) is 6.56. The van der Waals surface area contributed by atoms with E-state index in [0.717, 1.165) is 0 Å². The lowest BCUT2D eigenvalue weighted by atomic mass is 10.1. The lowest BCUT2D eigenvalue weighted by Crippen LogP contribution is -2.27. The molecule has 1 heterocycles. The normalized spacial score (nSPS) is 11.0. The van der Waals surface area contributed by atoms with Crippen LogP contribution in [0.1, 0.15) is 20.8 Å². The predicted molar refractivity (Wildman–Crippen MR) is 82.8 cm³/mol. The van der Waals surface area contributed by atoms with Gasteiger partial charge >= 0.3 is 6.16 Å². The first-order valence-electron chi connectivity index (χ1n) is 6.93. The zero-order valence-electron chi connectivity index (χ0n) is 13.0. The van der Waals surface area contributed by atoms with Crippen LogP contribution in [0.2, 0.25) is 0 Å². The molecule has 0 aliphatic heterocycles. The largest absolute Gasteiger partial charge is 0.514 e. The van der Waals surface area contributed by atoms with Crippen molar-refractivity contribution in [3.63, 3.8) is 0 Å². The van der Waals surface area contributed by atoms with Gasteiger partial charge in [0.25, 0.3) is 0 Å². The molecule has 0 aliphatic rings. The van der Waals surface area contributed by atoms with Crippen molar-refractivity contribution in [2.45, 2.75) is 26.4 Å². The molecule has 0 N–H and O–H groups in total. The van der Waals surface area contributed by atoms with Gasteiger partial charge in [0, 0.05) is 5.56 Å². The molecule has 0 amide bonds.